The van der Waals surface area contributed by atoms with Crippen LogP contribution in [0.2, 0.25) is 0 Å². The number of rotatable bonds is 5. The van der Waals surface area contributed by atoms with Gasteiger partial charge in [-0.05, 0) is 52.4 Å². The monoisotopic (exact) mass is 318 g/mol. The molecule has 2 N–H and O–H groups in total. The van der Waals surface area contributed by atoms with Crippen molar-refractivity contribution in [1.82, 2.24) is 10.6 Å². The Balaban J connectivity index is 0.00000220. The molecule has 1 aliphatic carbocycles. The Hall–Kier alpha value is -0.320. The standard InChI is InChI=1S/C16H30N2O2.ClH/c1-11(10-16(2,3)20-4)17-15(19)14-9-12-7-5-6-8-13(12)18-14;/h11-14,18H,5-10H2,1-4H3,(H,17,19);1H. The Morgan fingerprint density at radius 1 is 1.38 bits per heavy atom. The molecule has 2 rings (SSSR count). The fraction of sp³-hybridized carbons (Fsp3) is 0.938. The molecule has 4 atom stereocenters. The normalized spacial score (nSPS) is 30.2. The van der Waals surface area contributed by atoms with Crippen LogP contribution in [-0.2, 0) is 9.53 Å². The highest BCUT2D eigenvalue weighted by Gasteiger charge is 2.38. The molecule has 0 aromatic rings. The molecule has 2 fully saturated rings. The van der Waals surface area contributed by atoms with Gasteiger partial charge in [-0.2, -0.15) is 0 Å². The van der Waals surface area contributed by atoms with Crippen molar-refractivity contribution in [3.05, 3.63) is 0 Å². The van der Waals surface area contributed by atoms with Crippen molar-refractivity contribution in [2.75, 3.05) is 7.11 Å². The first kappa shape index (κ1) is 18.7. The minimum absolute atomic E-state index is 0. The number of methoxy groups -OCH3 is 1. The van der Waals surface area contributed by atoms with Gasteiger partial charge in [0.15, 0.2) is 0 Å². The molecule has 1 aliphatic heterocycles. The van der Waals surface area contributed by atoms with Gasteiger partial charge in [-0.15, -0.1) is 12.4 Å². The molecule has 0 bridgehead atoms. The van der Waals surface area contributed by atoms with Crippen LogP contribution in [0.4, 0.5) is 0 Å². The van der Waals surface area contributed by atoms with Crippen molar-refractivity contribution in [2.24, 2.45) is 5.92 Å². The van der Waals surface area contributed by atoms with Crippen LogP contribution in [0.3, 0.4) is 0 Å². The number of amides is 1. The molecule has 1 saturated carbocycles. The summed E-state index contributed by atoms with van der Waals surface area (Å²) < 4.78 is 5.43. The van der Waals surface area contributed by atoms with Gasteiger partial charge in [-0.25, -0.2) is 0 Å². The molecule has 0 radical (unpaired) electrons. The fourth-order valence-electron chi connectivity index (χ4n) is 3.74. The zero-order valence-corrected chi connectivity index (χ0v) is 14.6. The zero-order valence-electron chi connectivity index (χ0n) is 13.8. The number of carbonyl (C=O) groups is 1. The van der Waals surface area contributed by atoms with Crippen molar-refractivity contribution in [2.45, 2.75) is 83.0 Å². The summed E-state index contributed by atoms with van der Waals surface area (Å²) in [5.74, 6) is 0.879. The minimum atomic E-state index is -0.191. The third-order valence-electron chi connectivity index (χ3n) is 4.92. The Labute approximate surface area is 135 Å². The lowest BCUT2D eigenvalue weighted by molar-refractivity contribution is -0.123. The molecular weight excluding hydrogens is 288 g/mol. The Morgan fingerprint density at radius 3 is 2.67 bits per heavy atom. The van der Waals surface area contributed by atoms with Crippen molar-refractivity contribution in [3.63, 3.8) is 0 Å². The first-order valence-electron chi connectivity index (χ1n) is 8.03. The van der Waals surface area contributed by atoms with Crippen LogP contribution < -0.4 is 10.6 Å². The zero-order chi connectivity index (χ0) is 14.8. The van der Waals surface area contributed by atoms with Crippen LogP contribution in [0, 0.1) is 5.92 Å². The van der Waals surface area contributed by atoms with E-state index in [1.54, 1.807) is 7.11 Å². The molecule has 5 heteroatoms. The van der Waals surface area contributed by atoms with E-state index in [0.717, 1.165) is 12.8 Å². The lowest BCUT2D eigenvalue weighted by Crippen LogP contribution is -2.47. The Kier molecular flexibility index (Phi) is 6.95. The third-order valence-corrected chi connectivity index (χ3v) is 4.92. The molecule has 1 heterocycles. The maximum Gasteiger partial charge on any atom is 0.237 e. The average Bonchev–Trinajstić information content (AvgIpc) is 2.81. The quantitative estimate of drug-likeness (QED) is 0.819. The lowest BCUT2D eigenvalue weighted by Gasteiger charge is -2.27. The number of fused-ring (bicyclic) bond motifs is 1. The number of carbonyl (C=O) groups excluding carboxylic acids is 1. The largest absolute Gasteiger partial charge is 0.379 e. The van der Waals surface area contributed by atoms with E-state index in [1.807, 2.05) is 0 Å². The second kappa shape index (κ2) is 7.80. The van der Waals surface area contributed by atoms with Crippen molar-refractivity contribution < 1.29 is 9.53 Å². The predicted molar refractivity (Wildman–Crippen MR) is 87.8 cm³/mol. The molecule has 1 amide bonds. The summed E-state index contributed by atoms with van der Waals surface area (Å²) in [5.41, 5.74) is -0.191. The van der Waals surface area contributed by atoms with E-state index in [9.17, 15) is 4.79 Å². The summed E-state index contributed by atoms with van der Waals surface area (Å²) in [6, 6.07) is 0.725. The smallest absolute Gasteiger partial charge is 0.237 e. The average molecular weight is 319 g/mol. The molecule has 4 nitrogen and oxygen atoms in total. The highest BCUT2D eigenvalue weighted by Crippen LogP contribution is 2.33. The van der Waals surface area contributed by atoms with Crippen LogP contribution in [0.5, 0.6) is 0 Å². The van der Waals surface area contributed by atoms with E-state index in [2.05, 4.69) is 31.4 Å². The Bertz CT molecular complexity index is 335. The molecule has 0 aromatic heterocycles. The van der Waals surface area contributed by atoms with Gasteiger partial charge in [-0.3, -0.25) is 4.79 Å². The number of ether oxygens (including phenoxy) is 1. The second-order valence-electron chi connectivity index (χ2n) is 7.18. The van der Waals surface area contributed by atoms with Gasteiger partial charge >= 0.3 is 0 Å². The van der Waals surface area contributed by atoms with Gasteiger partial charge < -0.3 is 15.4 Å². The third kappa shape index (κ3) is 5.11. The number of hydrogen-bond acceptors (Lipinski definition) is 3. The van der Waals surface area contributed by atoms with E-state index in [4.69, 9.17) is 4.74 Å². The van der Waals surface area contributed by atoms with Crippen LogP contribution in [0.1, 0.15) is 59.3 Å². The molecule has 21 heavy (non-hydrogen) atoms. The SMILES string of the molecule is COC(C)(C)CC(C)NC(=O)C1CC2CCCCC2N1.Cl. The van der Waals surface area contributed by atoms with Crippen LogP contribution in [0.25, 0.3) is 0 Å². The molecular formula is C16H31ClN2O2. The van der Waals surface area contributed by atoms with E-state index in [0.29, 0.717) is 12.0 Å². The molecule has 2 aliphatic rings. The van der Waals surface area contributed by atoms with E-state index >= 15 is 0 Å². The highest BCUT2D eigenvalue weighted by molar-refractivity contribution is 5.85. The van der Waals surface area contributed by atoms with Crippen LogP contribution >= 0.6 is 12.4 Å². The van der Waals surface area contributed by atoms with Crippen LogP contribution in [0.15, 0.2) is 0 Å². The van der Waals surface area contributed by atoms with Gasteiger partial charge in [0.2, 0.25) is 5.91 Å². The molecule has 0 spiro atoms. The molecule has 124 valence electrons. The number of hydrogen-bond donors (Lipinski definition) is 2. The summed E-state index contributed by atoms with van der Waals surface area (Å²) in [6.07, 6.45) is 7.00. The Morgan fingerprint density at radius 2 is 2.05 bits per heavy atom. The predicted octanol–water partition coefficient (Wildman–Crippen LogP) is 2.65. The van der Waals surface area contributed by atoms with Gasteiger partial charge in [0.1, 0.15) is 0 Å². The lowest BCUT2D eigenvalue weighted by atomic mass is 9.85. The van der Waals surface area contributed by atoms with Crippen molar-refractivity contribution >= 4 is 18.3 Å². The van der Waals surface area contributed by atoms with E-state index in [1.165, 1.54) is 25.7 Å². The van der Waals surface area contributed by atoms with Gasteiger partial charge in [-0.1, -0.05) is 12.8 Å². The van der Waals surface area contributed by atoms with Crippen molar-refractivity contribution in [3.8, 4) is 0 Å². The first-order valence-corrected chi connectivity index (χ1v) is 8.03. The van der Waals surface area contributed by atoms with Crippen LogP contribution in [-0.4, -0.2) is 36.7 Å². The summed E-state index contributed by atoms with van der Waals surface area (Å²) >= 11 is 0. The summed E-state index contributed by atoms with van der Waals surface area (Å²) in [4.78, 5) is 12.4. The summed E-state index contributed by atoms with van der Waals surface area (Å²) in [6.45, 7) is 6.16. The van der Waals surface area contributed by atoms with Gasteiger partial charge in [0, 0.05) is 19.2 Å². The summed E-state index contributed by atoms with van der Waals surface area (Å²) in [5, 5.41) is 6.67. The fourth-order valence-corrected chi connectivity index (χ4v) is 3.74. The van der Waals surface area contributed by atoms with E-state index < -0.39 is 0 Å². The van der Waals surface area contributed by atoms with Crippen molar-refractivity contribution in [1.29, 1.82) is 0 Å². The maximum atomic E-state index is 12.4. The first-order chi connectivity index (χ1) is 9.41. The molecule has 4 unspecified atom stereocenters. The number of nitrogens with one attached hydrogen (secondary N) is 2. The highest BCUT2D eigenvalue weighted by atomic mass is 35.5. The van der Waals surface area contributed by atoms with Gasteiger partial charge in [0.25, 0.3) is 0 Å². The second-order valence-corrected chi connectivity index (χ2v) is 7.18. The van der Waals surface area contributed by atoms with E-state index in [-0.39, 0.29) is 36.0 Å². The molecule has 0 aromatic carbocycles. The maximum absolute atomic E-state index is 12.4. The topological polar surface area (TPSA) is 50.4 Å². The minimum Gasteiger partial charge on any atom is -0.379 e. The number of halogens is 1. The molecule has 1 saturated heterocycles. The summed E-state index contributed by atoms with van der Waals surface area (Å²) in [7, 11) is 1.72. The van der Waals surface area contributed by atoms with Gasteiger partial charge in [0.05, 0.1) is 11.6 Å².